The molecule has 2 aromatic carbocycles. The number of carbonyl (C=O) groups excluding carboxylic acids is 1. The van der Waals surface area contributed by atoms with Crippen LogP contribution in [0.3, 0.4) is 0 Å². The van der Waals surface area contributed by atoms with E-state index in [0.29, 0.717) is 41.7 Å². The van der Waals surface area contributed by atoms with Crippen molar-refractivity contribution in [3.05, 3.63) is 78.1 Å². The van der Waals surface area contributed by atoms with Crippen molar-refractivity contribution in [3.63, 3.8) is 0 Å². The molecular formula is C22H22N2O4. The van der Waals surface area contributed by atoms with E-state index >= 15 is 0 Å². The number of methoxy groups -OCH3 is 1. The first-order valence-electron chi connectivity index (χ1n) is 8.94. The Labute approximate surface area is 164 Å². The van der Waals surface area contributed by atoms with Crippen LogP contribution in [0.1, 0.15) is 23.0 Å². The highest BCUT2D eigenvalue weighted by Gasteiger charge is 2.12. The third kappa shape index (κ3) is 5.01. The van der Waals surface area contributed by atoms with Gasteiger partial charge in [-0.25, -0.2) is 0 Å². The third-order valence-electron chi connectivity index (χ3n) is 3.93. The number of carbonyl (C=O) groups is 1. The zero-order valence-corrected chi connectivity index (χ0v) is 15.8. The summed E-state index contributed by atoms with van der Waals surface area (Å²) >= 11 is 0. The summed E-state index contributed by atoms with van der Waals surface area (Å²) in [6.07, 6.45) is 1.72. The number of rotatable bonds is 8. The van der Waals surface area contributed by atoms with Gasteiger partial charge in [0, 0.05) is 23.5 Å². The first-order valence-corrected chi connectivity index (χ1v) is 8.94. The van der Waals surface area contributed by atoms with E-state index in [4.69, 9.17) is 14.2 Å². The molecule has 0 radical (unpaired) electrons. The molecule has 0 aliphatic heterocycles. The molecule has 0 fully saturated rings. The van der Waals surface area contributed by atoms with Gasteiger partial charge >= 0.3 is 0 Å². The second-order valence-electron chi connectivity index (χ2n) is 5.89. The number of nitrogens with zero attached hydrogens (tertiary/aromatic N) is 1. The second kappa shape index (κ2) is 9.41. The van der Waals surface area contributed by atoms with E-state index in [9.17, 15) is 4.79 Å². The molecule has 0 unspecified atom stereocenters. The first kappa shape index (κ1) is 19.2. The molecule has 1 N–H and O–H groups in total. The van der Waals surface area contributed by atoms with Crippen molar-refractivity contribution in [2.45, 2.75) is 13.5 Å². The number of ether oxygens (including phenoxy) is 3. The van der Waals surface area contributed by atoms with Crippen molar-refractivity contribution in [2.75, 3.05) is 19.0 Å². The van der Waals surface area contributed by atoms with Gasteiger partial charge in [0.25, 0.3) is 5.91 Å². The van der Waals surface area contributed by atoms with Gasteiger partial charge in [0.1, 0.15) is 12.4 Å². The van der Waals surface area contributed by atoms with Crippen LogP contribution < -0.4 is 19.5 Å². The highest BCUT2D eigenvalue weighted by atomic mass is 16.5. The molecule has 1 aromatic heterocycles. The van der Waals surface area contributed by atoms with Crippen molar-refractivity contribution in [1.29, 1.82) is 0 Å². The van der Waals surface area contributed by atoms with E-state index in [1.54, 1.807) is 43.6 Å². The average molecular weight is 378 g/mol. The van der Waals surface area contributed by atoms with Gasteiger partial charge in [-0.15, -0.1) is 0 Å². The average Bonchev–Trinajstić information content (AvgIpc) is 2.73. The van der Waals surface area contributed by atoms with Crippen LogP contribution in [0.4, 0.5) is 5.69 Å². The van der Waals surface area contributed by atoms with Crippen molar-refractivity contribution >= 4 is 11.6 Å². The van der Waals surface area contributed by atoms with E-state index < -0.39 is 0 Å². The van der Waals surface area contributed by atoms with Crippen molar-refractivity contribution in [3.8, 4) is 17.2 Å². The molecule has 0 saturated heterocycles. The summed E-state index contributed by atoms with van der Waals surface area (Å²) in [5, 5.41) is 2.87. The molecule has 28 heavy (non-hydrogen) atoms. The maximum absolute atomic E-state index is 12.6. The van der Waals surface area contributed by atoms with Gasteiger partial charge in [0.05, 0.1) is 19.4 Å². The van der Waals surface area contributed by atoms with Crippen LogP contribution in [0.25, 0.3) is 0 Å². The summed E-state index contributed by atoms with van der Waals surface area (Å²) < 4.78 is 16.5. The van der Waals surface area contributed by atoms with Crippen LogP contribution in [-0.4, -0.2) is 24.6 Å². The minimum atomic E-state index is -0.245. The van der Waals surface area contributed by atoms with Gasteiger partial charge in [-0.3, -0.25) is 9.78 Å². The van der Waals surface area contributed by atoms with Crippen molar-refractivity contribution in [2.24, 2.45) is 0 Å². The highest BCUT2D eigenvalue weighted by molar-refractivity contribution is 6.04. The fourth-order valence-corrected chi connectivity index (χ4v) is 2.59. The molecule has 3 aromatic rings. The number of hydrogen-bond acceptors (Lipinski definition) is 5. The Morgan fingerprint density at radius 3 is 2.64 bits per heavy atom. The van der Waals surface area contributed by atoms with Crippen LogP contribution in [0.5, 0.6) is 17.2 Å². The number of anilines is 1. The van der Waals surface area contributed by atoms with Crippen molar-refractivity contribution < 1.29 is 19.0 Å². The SMILES string of the molecule is CCOc1cc(C(=O)Nc2cccc(OCc3ccccn3)c2)ccc1OC. The minimum Gasteiger partial charge on any atom is -0.493 e. The normalized spacial score (nSPS) is 10.2. The first-order chi connectivity index (χ1) is 13.7. The summed E-state index contributed by atoms with van der Waals surface area (Å²) in [4.78, 5) is 16.8. The lowest BCUT2D eigenvalue weighted by molar-refractivity contribution is 0.102. The molecule has 6 heteroatoms. The Morgan fingerprint density at radius 1 is 1.00 bits per heavy atom. The van der Waals surface area contributed by atoms with Gasteiger partial charge in [0.15, 0.2) is 11.5 Å². The van der Waals surface area contributed by atoms with Crippen LogP contribution in [-0.2, 0) is 6.61 Å². The molecule has 0 aliphatic rings. The third-order valence-corrected chi connectivity index (χ3v) is 3.93. The molecule has 0 spiro atoms. The van der Waals surface area contributed by atoms with E-state index in [-0.39, 0.29) is 5.91 Å². The number of amides is 1. The summed E-state index contributed by atoms with van der Waals surface area (Å²) in [5.41, 5.74) is 1.94. The monoisotopic (exact) mass is 378 g/mol. The number of aromatic nitrogens is 1. The Kier molecular flexibility index (Phi) is 6.46. The van der Waals surface area contributed by atoms with Gasteiger partial charge < -0.3 is 19.5 Å². The maximum atomic E-state index is 12.6. The highest BCUT2D eigenvalue weighted by Crippen LogP contribution is 2.28. The Hall–Kier alpha value is -3.54. The largest absolute Gasteiger partial charge is 0.493 e. The zero-order valence-electron chi connectivity index (χ0n) is 15.8. The second-order valence-corrected chi connectivity index (χ2v) is 5.89. The van der Waals surface area contributed by atoms with Crippen LogP contribution in [0.15, 0.2) is 66.9 Å². The predicted molar refractivity (Wildman–Crippen MR) is 107 cm³/mol. The number of nitrogens with one attached hydrogen (secondary N) is 1. The Bertz CT molecular complexity index is 929. The molecule has 1 amide bonds. The van der Waals surface area contributed by atoms with E-state index in [2.05, 4.69) is 10.3 Å². The lowest BCUT2D eigenvalue weighted by atomic mass is 10.1. The van der Waals surface area contributed by atoms with E-state index in [0.717, 1.165) is 5.69 Å². The fraction of sp³-hybridized carbons (Fsp3) is 0.182. The molecule has 6 nitrogen and oxygen atoms in total. The lowest BCUT2D eigenvalue weighted by Crippen LogP contribution is -2.12. The van der Waals surface area contributed by atoms with Gasteiger partial charge in [-0.1, -0.05) is 12.1 Å². The molecule has 1 heterocycles. The smallest absolute Gasteiger partial charge is 0.255 e. The Balaban J connectivity index is 1.68. The van der Waals surface area contributed by atoms with Gasteiger partial charge in [0.2, 0.25) is 0 Å². The number of hydrogen-bond donors (Lipinski definition) is 1. The molecule has 144 valence electrons. The van der Waals surface area contributed by atoms with Crippen LogP contribution in [0, 0.1) is 0 Å². The maximum Gasteiger partial charge on any atom is 0.255 e. The summed E-state index contributed by atoms with van der Waals surface area (Å²) in [6.45, 7) is 2.72. The van der Waals surface area contributed by atoms with E-state index in [1.165, 1.54) is 0 Å². The molecule has 0 bridgehead atoms. The standard InChI is InChI=1S/C22H22N2O4/c1-3-27-21-13-16(10-11-20(21)26-2)22(25)24-17-8-6-9-19(14-17)28-15-18-7-4-5-12-23-18/h4-14H,3,15H2,1-2H3,(H,24,25). The summed E-state index contributed by atoms with van der Waals surface area (Å²) in [6, 6.07) is 18.0. The molecular weight excluding hydrogens is 356 g/mol. The number of benzene rings is 2. The van der Waals surface area contributed by atoms with Gasteiger partial charge in [-0.2, -0.15) is 0 Å². The minimum absolute atomic E-state index is 0.245. The zero-order chi connectivity index (χ0) is 19.8. The van der Waals surface area contributed by atoms with Gasteiger partial charge in [-0.05, 0) is 49.4 Å². The topological polar surface area (TPSA) is 69.7 Å². The molecule has 0 saturated carbocycles. The van der Waals surface area contributed by atoms with Crippen molar-refractivity contribution in [1.82, 2.24) is 4.98 Å². The van der Waals surface area contributed by atoms with Crippen LogP contribution >= 0.6 is 0 Å². The molecule has 3 rings (SSSR count). The summed E-state index contributed by atoms with van der Waals surface area (Å²) in [7, 11) is 1.56. The molecule has 0 atom stereocenters. The number of pyridine rings is 1. The fourth-order valence-electron chi connectivity index (χ4n) is 2.59. The quantitative estimate of drug-likeness (QED) is 0.632. The predicted octanol–water partition coefficient (Wildman–Crippen LogP) is 4.32. The Morgan fingerprint density at radius 2 is 1.89 bits per heavy atom. The van der Waals surface area contributed by atoms with E-state index in [1.807, 2.05) is 37.3 Å². The summed E-state index contributed by atoms with van der Waals surface area (Å²) in [5.74, 6) is 1.52. The van der Waals surface area contributed by atoms with Crippen LogP contribution in [0.2, 0.25) is 0 Å². The lowest BCUT2D eigenvalue weighted by Gasteiger charge is -2.12. The molecule has 0 aliphatic carbocycles.